The minimum atomic E-state index is -0.871. The maximum Gasteiger partial charge on any atom is 0.245 e. The van der Waals surface area contributed by atoms with Crippen molar-refractivity contribution in [3.05, 3.63) is 71.8 Å². The molecule has 1 unspecified atom stereocenters. The van der Waals surface area contributed by atoms with Gasteiger partial charge in [-0.05, 0) is 62.1 Å². The molecule has 49 heavy (non-hydrogen) atoms. The van der Waals surface area contributed by atoms with E-state index in [9.17, 15) is 19.2 Å². The number of carbonyl (C=O) groups excluding carboxylic acids is 4. The minimum Gasteiger partial charge on any atom is -0.378 e. The number of nitrogens with two attached hydrogens (primary N) is 1. The summed E-state index contributed by atoms with van der Waals surface area (Å²) in [5.41, 5.74) is 7.97. The van der Waals surface area contributed by atoms with Gasteiger partial charge in [0.15, 0.2) is 0 Å². The molecule has 2 aromatic carbocycles. The van der Waals surface area contributed by atoms with Crippen LogP contribution < -0.4 is 27.0 Å². The van der Waals surface area contributed by atoms with Crippen LogP contribution >= 0.6 is 0 Å². The summed E-state index contributed by atoms with van der Waals surface area (Å²) in [7, 11) is 0. The first-order valence-electron chi connectivity index (χ1n) is 18.0. The van der Waals surface area contributed by atoms with Gasteiger partial charge in [-0.15, -0.1) is 0 Å². The number of ether oxygens (including phenoxy) is 1. The normalized spacial score (nSPS) is 19.1. The van der Waals surface area contributed by atoms with Crippen LogP contribution in [0, 0.1) is 5.92 Å². The lowest BCUT2D eigenvalue weighted by atomic mass is 10.00. The molecule has 6 N–H and O–H groups in total. The van der Waals surface area contributed by atoms with E-state index in [1.54, 1.807) is 4.90 Å². The zero-order valence-corrected chi connectivity index (χ0v) is 29.2. The van der Waals surface area contributed by atoms with E-state index in [0.717, 1.165) is 31.2 Å². The van der Waals surface area contributed by atoms with Crippen molar-refractivity contribution in [1.29, 1.82) is 0 Å². The smallest absolute Gasteiger partial charge is 0.245 e. The summed E-state index contributed by atoms with van der Waals surface area (Å²) < 4.78 is 5.42. The first kappa shape index (κ1) is 38.0. The van der Waals surface area contributed by atoms with Gasteiger partial charge in [0, 0.05) is 25.0 Å². The SMILES string of the molecule is CC(C)C[C@@H](NC(=O)[C@@H](CCc1ccccc1)NC(=O)CNC1C[C@@H]1c1ccccc1)C(=O)N[C@H](CCCCCN)C(=O)N1CCOCC1. The molecule has 1 saturated carbocycles. The van der Waals surface area contributed by atoms with Gasteiger partial charge < -0.3 is 36.6 Å². The molecular weight excluding hydrogens is 620 g/mol. The lowest BCUT2D eigenvalue weighted by Crippen LogP contribution is -2.58. The predicted octanol–water partition coefficient (Wildman–Crippen LogP) is 2.64. The van der Waals surface area contributed by atoms with Gasteiger partial charge in [-0.3, -0.25) is 19.2 Å². The number of benzene rings is 2. The molecular formula is C38H56N6O5. The highest BCUT2D eigenvalue weighted by molar-refractivity contribution is 5.94. The Morgan fingerprint density at radius 1 is 0.816 bits per heavy atom. The van der Waals surface area contributed by atoms with Crippen LogP contribution in [0.15, 0.2) is 60.7 Å². The van der Waals surface area contributed by atoms with E-state index in [-0.39, 0.29) is 30.3 Å². The molecule has 0 spiro atoms. The fourth-order valence-electron chi connectivity index (χ4n) is 6.36. The van der Waals surface area contributed by atoms with Crippen LogP contribution in [0.5, 0.6) is 0 Å². The van der Waals surface area contributed by atoms with Crippen LogP contribution in [0.2, 0.25) is 0 Å². The number of carbonyl (C=O) groups is 4. The summed E-state index contributed by atoms with van der Waals surface area (Å²) in [4.78, 5) is 56.1. The van der Waals surface area contributed by atoms with Gasteiger partial charge >= 0.3 is 0 Å². The highest BCUT2D eigenvalue weighted by Crippen LogP contribution is 2.40. The van der Waals surface area contributed by atoms with E-state index in [2.05, 4.69) is 33.4 Å². The molecule has 4 amide bonds. The van der Waals surface area contributed by atoms with Crippen molar-refractivity contribution in [3.63, 3.8) is 0 Å². The highest BCUT2D eigenvalue weighted by Gasteiger charge is 2.38. The standard InChI is InChI=1S/C38H56N6O5/c1-27(2)24-34(37(47)42-32(16-10-5-11-19-39)38(48)44-20-22-49-23-21-44)43-36(46)31(18-17-28-12-6-3-7-13-28)41-35(45)26-40-33-25-30(33)29-14-8-4-9-15-29/h3-4,6-9,12-15,27,30-34,40H,5,10-11,16-26,39H2,1-2H3,(H,41,45)(H,42,47)(H,43,46)/t30-,31-,32-,33?,34-/m1/s1. The third kappa shape index (κ3) is 12.9. The van der Waals surface area contributed by atoms with Crippen molar-refractivity contribution < 1.29 is 23.9 Å². The van der Waals surface area contributed by atoms with E-state index in [4.69, 9.17) is 10.5 Å². The second-order valence-corrected chi connectivity index (χ2v) is 13.7. The van der Waals surface area contributed by atoms with Gasteiger partial charge in [-0.25, -0.2) is 0 Å². The Morgan fingerprint density at radius 3 is 2.14 bits per heavy atom. The number of morpholine rings is 1. The third-order valence-corrected chi connectivity index (χ3v) is 9.23. The predicted molar refractivity (Wildman–Crippen MR) is 191 cm³/mol. The Bertz CT molecular complexity index is 1320. The summed E-state index contributed by atoms with van der Waals surface area (Å²) in [5.74, 6) is -0.761. The molecule has 0 radical (unpaired) electrons. The van der Waals surface area contributed by atoms with Crippen molar-refractivity contribution in [3.8, 4) is 0 Å². The van der Waals surface area contributed by atoms with Crippen LogP contribution in [-0.4, -0.2) is 92.1 Å². The molecule has 1 aliphatic carbocycles. The molecule has 4 rings (SSSR count). The van der Waals surface area contributed by atoms with Crippen molar-refractivity contribution in [2.75, 3.05) is 39.4 Å². The van der Waals surface area contributed by atoms with Gasteiger partial charge in [0.25, 0.3) is 0 Å². The molecule has 2 aliphatic rings. The fourth-order valence-corrected chi connectivity index (χ4v) is 6.36. The molecule has 5 atom stereocenters. The van der Waals surface area contributed by atoms with E-state index in [1.165, 1.54) is 5.56 Å². The Morgan fingerprint density at radius 2 is 1.47 bits per heavy atom. The molecule has 1 saturated heterocycles. The maximum atomic E-state index is 13.9. The largest absolute Gasteiger partial charge is 0.378 e. The quantitative estimate of drug-likeness (QED) is 0.135. The van der Waals surface area contributed by atoms with E-state index >= 15 is 0 Å². The van der Waals surface area contributed by atoms with Gasteiger partial charge in [0.05, 0.1) is 19.8 Å². The zero-order chi connectivity index (χ0) is 35.0. The van der Waals surface area contributed by atoms with Crippen molar-refractivity contribution in [2.24, 2.45) is 11.7 Å². The fraction of sp³-hybridized carbons (Fsp3) is 0.579. The molecule has 0 bridgehead atoms. The Labute approximate surface area is 291 Å². The monoisotopic (exact) mass is 676 g/mol. The lowest BCUT2D eigenvalue weighted by Gasteiger charge is -2.32. The summed E-state index contributed by atoms with van der Waals surface area (Å²) in [6.45, 7) is 6.51. The van der Waals surface area contributed by atoms with Crippen molar-refractivity contribution in [2.45, 2.75) is 95.3 Å². The average Bonchev–Trinajstić information content (AvgIpc) is 3.90. The molecule has 2 fully saturated rings. The number of unbranched alkanes of at least 4 members (excludes halogenated alkanes) is 2. The Balaban J connectivity index is 1.40. The zero-order valence-electron chi connectivity index (χ0n) is 29.2. The first-order chi connectivity index (χ1) is 23.7. The number of nitrogens with zero attached hydrogens (tertiary/aromatic N) is 1. The van der Waals surface area contributed by atoms with Gasteiger partial charge in [0.1, 0.15) is 18.1 Å². The number of nitrogens with one attached hydrogen (secondary N) is 4. The molecule has 268 valence electrons. The van der Waals surface area contributed by atoms with Crippen LogP contribution in [0.4, 0.5) is 0 Å². The van der Waals surface area contributed by atoms with Crippen molar-refractivity contribution >= 4 is 23.6 Å². The molecule has 2 aromatic rings. The maximum absolute atomic E-state index is 13.9. The molecule has 0 aromatic heterocycles. The average molecular weight is 677 g/mol. The van der Waals surface area contributed by atoms with Crippen LogP contribution in [0.1, 0.15) is 75.8 Å². The molecule has 11 nitrogen and oxygen atoms in total. The number of hydrogen-bond acceptors (Lipinski definition) is 7. The molecule has 1 aliphatic heterocycles. The van der Waals surface area contributed by atoms with Crippen LogP contribution in [0.3, 0.4) is 0 Å². The molecule has 11 heteroatoms. The number of rotatable bonds is 20. The first-order valence-corrected chi connectivity index (χ1v) is 18.0. The summed E-state index contributed by atoms with van der Waals surface area (Å²) in [6, 6.07) is 17.8. The van der Waals surface area contributed by atoms with Gasteiger partial charge in [-0.2, -0.15) is 0 Å². The van der Waals surface area contributed by atoms with Gasteiger partial charge in [-0.1, -0.05) is 87.4 Å². The number of amides is 4. The number of hydrogen-bond donors (Lipinski definition) is 5. The van der Waals surface area contributed by atoms with E-state index < -0.39 is 29.9 Å². The Hall–Kier alpha value is -3.80. The van der Waals surface area contributed by atoms with E-state index in [0.29, 0.717) is 64.4 Å². The summed E-state index contributed by atoms with van der Waals surface area (Å²) >= 11 is 0. The summed E-state index contributed by atoms with van der Waals surface area (Å²) in [5, 5.41) is 12.2. The van der Waals surface area contributed by atoms with Gasteiger partial charge in [0.2, 0.25) is 23.6 Å². The topological polar surface area (TPSA) is 155 Å². The number of aryl methyl sites for hydroxylation is 1. The van der Waals surface area contributed by atoms with Crippen molar-refractivity contribution in [1.82, 2.24) is 26.2 Å². The van der Waals surface area contributed by atoms with E-state index in [1.807, 2.05) is 62.4 Å². The minimum absolute atomic E-state index is 0.0895. The third-order valence-electron chi connectivity index (χ3n) is 9.23. The lowest BCUT2D eigenvalue weighted by molar-refractivity contribution is -0.141. The van der Waals surface area contributed by atoms with Crippen LogP contribution in [-0.2, 0) is 30.3 Å². The Kier molecular flexibility index (Phi) is 15.5. The highest BCUT2D eigenvalue weighted by atomic mass is 16.5. The second-order valence-electron chi connectivity index (χ2n) is 13.7. The molecule has 1 heterocycles. The second kappa shape index (κ2) is 20.0. The summed E-state index contributed by atoms with van der Waals surface area (Å²) in [6.07, 6.45) is 5.22. The van der Waals surface area contributed by atoms with Crippen LogP contribution in [0.25, 0.3) is 0 Å².